The van der Waals surface area contributed by atoms with Gasteiger partial charge in [0, 0.05) is 36.6 Å². The molecule has 2 amide bonds. The highest BCUT2D eigenvalue weighted by molar-refractivity contribution is 7.99. The molecule has 182 valence electrons. The Labute approximate surface area is 208 Å². The van der Waals surface area contributed by atoms with E-state index in [0.29, 0.717) is 40.7 Å². The molecule has 1 aliphatic rings. The number of carbonyl (C=O) groups excluding carboxylic acids is 2. The summed E-state index contributed by atoms with van der Waals surface area (Å²) in [5.41, 5.74) is 1.85. The number of rotatable bonds is 5. The molecule has 0 saturated heterocycles. The van der Waals surface area contributed by atoms with Crippen LogP contribution >= 0.6 is 23.1 Å². The first kappa shape index (κ1) is 23.5. The first-order valence-electron chi connectivity index (χ1n) is 11.0. The molecule has 0 bridgehead atoms. The van der Waals surface area contributed by atoms with Gasteiger partial charge in [-0.25, -0.2) is 4.40 Å². The van der Waals surface area contributed by atoms with Crippen molar-refractivity contribution in [2.24, 2.45) is 7.05 Å². The number of carbonyl (C=O) groups is 2. The average molecular weight is 513 g/mol. The average Bonchev–Trinajstić information content (AvgIpc) is 3.38. The number of amides is 2. The van der Waals surface area contributed by atoms with Gasteiger partial charge < -0.3 is 15.4 Å². The van der Waals surface area contributed by atoms with Crippen LogP contribution in [0, 0.1) is 0 Å². The van der Waals surface area contributed by atoms with E-state index in [9.17, 15) is 14.4 Å². The Morgan fingerprint density at radius 3 is 2.54 bits per heavy atom. The molecule has 0 radical (unpaired) electrons. The quantitative estimate of drug-likeness (QED) is 0.394. The van der Waals surface area contributed by atoms with Gasteiger partial charge in [0.05, 0.1) is 23.3 Å². The molecule has 0 saturated carbocycles. The van der Waals surface area contributed by atoms with Crippen molar-refractivity contribution in [3.05, 3.63) is 45.1 Å². The van der Waals surface area contributed by atoms with Gasteiger partial charge in [-0.05, 0) is 43.7 Å². The molecule has 1 aliphatic heterocycles. The van der Waals surface area contributed by atoms with Gasteiger partial charge in [0.1, 0.15) is 4.83 Å². The number of anilines is 2. The fourth-order valence-electron chi connectivity index (χ4n) is 4.09. The Hall–Kier alpha value is -3.22. The van der Waals surface area contributed by atoms with E-state index in [-0.39, 0.29) is 28.7 Å². The lowest BCUT2D eigenvalue weighted by atomic mass is 9.94. The topological polar surface area (TPSA) is 120 Å². The highest BCUT2D eigenvalue weighted by Crippen LogP contribution is 2.38. The third-order valence-corrected chi connectivity index (χ3v) is 7.85. The summed E-state index contributed by atoms with van der Waals surface area (Å²) in [6.07, 6.45) is 0.650. The van der Waals surface area contributed by atoms with Crippen molar-refractivity contribution < 1.29 is 14.3 Å². The number of nitrogens with zero attached hydrogens (tertiary/aromatic N) is 4. The van der Waals surface area contributed by atoms with Crippen molar-refractivity contribution in [3.63, 3.8) is 0 Å². The smallest absolute Gasteiger partial charge is 0.263 e. The number of aryl methyl sites for hydroxylation is 1. The van der Waals surface area contributed by atoms with Crippen LogP contribution in [0.25, 0.3) is 16.0 Å². The molecule has 3 aromatic heterocycles. The second-order valence-electron chi connectivity index (χ2n) is 8.99. The first-order chi connectivity index (χ1) is 16.6. The lowest BCUT2D eigenvalue weighted by Gasteiger charge is -2.29. The van der Waals surface area contributed by atoms with Crippen molar-refractivity contribution in [1.82, 2.24) is 19.2 Å². The predicted molar refractivity (Wildman–Crippen MR) is 136 cm³/mol. The number of nitrogens with one attached hydrogen (secondary N) is 2. The Bertz CT molecular complexity index is 1530. The summed E-state index contributed by atoms with van der Waals surface area (Å²) in [6.45, 7) is 5.94. The molecule has 35 heavy (non-hydrogen) atoms. The number of hydrogen-bond acceptors (Lipinski definition) is 8. The number of thioether (sulfide) groups is 1. The summed E-state index contributed by atoms with van der Waals surface area (Å²) >= 11 is 2.77. The van der Waals surface area contributed by atoms with Crippen molar-refractivity contribution >= 4 is 62.3 Å². The van der Waals surface area contributed by atoms with E-state index in [2.05, 4.69) is 20.8 Å². The zero-order valence-corrected chi connectivity index (χ0v) is 21.3. The normalized spacial score (nSPS) is 14.7. The maximum Gasteiger partial charge on any atom is 0.263 e. The van der Waals surface area contributed by atoms with Gasteiger partial charge in [0.15, 0.2) is 5.16 Å². The summed E-state index contributed by atoms with van der Waals surface area (Å²) in [6, 6.07) is 6.88. The van der Waals surface area contributed by atoms with Crippen molar-refractivity contribution in [2.45, 2.75) is 44.6 Å². The number of fused-ring (bicyclic) bond motifs is 5. The molecule has 10 nitrogen and oxygen atoms in total. The Kier molecular flexibility index (Phi) is 5.90. The van der Waals surface area contributed by atoms with E-state index in [1.54, 1.807) is 31.3 Å². The second kappa shape index (κ2) is 8.77. The molecule has 0 fully saturated rings. The van der Waals surface area contributed by atoms with Crippen LogP contribution in [0.2, 0.25) is 0 Å². The molecule has 12 heteroatoms. The van der Waals surface area contributed by atoms with Gasteiger partial charge >= 0.3 is 0 Å². The molecule has 0 unspecified atom stereocenters. The molecule has 2 N–H and O–H groups in total. The van der Waals surface area contributed by atoms with E-state index in [1.165, 1.54) is 34.6 Å². The maximum atomic E-state index is 13.2. The molecule has 4 aromatic rings. The maximum absolute atomic E-state index is 13.2. The second-order valence-corrected chi connectivity index (χ2v) is 11.0. The molecular formula is C23H24N6O4S2. The summed E-state index contributed by atoms with van der Waals surface area (Å²) in [4.78, 5) is 38.8. The monoisotopic (exact) mass is 512 g/mol. The zero-order valence-electron chi connectivity index (χ0n) is 19.7. The van der Waals surface area contributed by atoms with E-state index in [4.69, 9.17) is 4.74 Å². The van der Waals surface area contributed by atoms with Crippen LogP contribution in [-0.4, -0.2) is 42.3 Å². The summed E-state index contributed by atoms with van der Waals surface area (Å²) in [5, 5.41) is 15.2. The van der Waals surface area contributed by atoms with Crippen LogP contribution in [0.5, 0.6) is 0 Å². The number of hydrogen-bond donors (Lipinski definition) is 2. The summed E-state index contributed by atoms with van der Waals surface area (Å²) < 4.78 is 9.32. The fourth-order valence-corrected chi connectivity index (χ4v) is 6.10. The van der Waals surface area contributed by atoms with Crippen LogP contribution in [0.1, 0.15) is 31.2 Å². The minimum Gasteiger partial charge on any atom is -0.370 e. The van der Waals surface area contributed by atoms with Crippen LogP contribution in [0.3, 0.4) is 0 Å². The van der Waals surface area contributed by atoms with Crippen LogP contribution in [0.15, 0.2) is 34.2 Å². The van der Waals surface area contributed by atoms with Crippen LogP contribution in [-0.2, 0) is 34.4 Å². The number of thiophene rings is 1. The van der Waals surface area contributed by atoms with Gasteiger partial charge in [0.2, 0.25) is 17.6 Å². The highest BCUT2D eigenvalue weighted by Gasteiger charge is 2.32. The standard InChI is InChI=1S/C23H24N6O4S2/c1-12(30)24-13-5-7-14(8-6-13)25-17(31)11-34-22-27-26-21-28(4)19(32)18-15-9-23(2,3)33-10-16(15)35-20(18)29(21)22/h5-8H,9-11H2,1-4H3,(H,24,30)(H,25,31). The highest BCUT2D eigenvalue weighted by atomic mass is 32.2. The predicted octanol–water partition coefficient (Wildman–Crippen LogP) is 3.18. The fraction of sp³-hybridized carbons (Fsp3) is 0.348. The van der Waals surface area contributed by atoms with Crippen molar-refractivity contribution in [2.75, 3.05) is 16.4 Å². The Balaban J connectivity index is 1.41. The molecule has 0 atom stereocenters. The molecule has 0 spiro atoms. The van der Waals surface area contributed by atoms with Crippen molar-refractivity contribution in [1.29, 1.82) is 0 Å². The summed E-state index contributed by atoms with van der Waals surface area (Å²) in [5.74, 6) is 0.173. The first-order valence-corrected chi connectivity index (χ1v) is 12.8. The minimum atomic E-state index is -0.343. The van der Waals surface area contributed by atoms with Gasteiger partial charge in [-0.1, -0.05) is 11.8 Å². The third-order valence-electron chi connectivity index (χ3n) is 5.73. The molecule has 4 heterocycles. The number of aromatic nitrogens is 4. The Morgan fingerprint density at radius 1 is 1.17 bits per heavy atom. The van der Waals surface area contributed by atoms with E-state index in [0.717, 1.165) is 15.3 Å². The van der Waals surface area contributed by atoms with Gasteiger partial charge in [-0.2, -0.15) is 0 Å². The largest absolute Gasteiger partial charge is 0.370 e. The zero-order chi connectivity index (χ0) is 24.9. The van der Waals surface area contributed by atoms with Gasteiger partial charge in [-0.15, -0.1) is 21.5 Å². The molecular weight excluding hydrogens is 488 g/mol. The van der Waals surface area contributed by atoms with Crippen LogP contribution in [0.4, 0.5) is 11.4 Å². The molecule has 1 aromatic carbocycles. The molecule has 5 rings (SSSR count). The van der Waals surface area contributed by atoms with E-state index >= 15 is 0 Å². The lowest BCUT2D eigenvalue weighted by molar-refractivity contribution is -0.114. The molecule has 0 aliphatic carbocycles. The van der Waals surface area contributed by atoms with Crippen molar-refractivity contribution in [3.8, 4) is 0 Å². The minimum absolute atomic E-state index is 0.105. The van der Waals surface area contributed by atoms with Gasteiger partial charge in [-0.3, -0.25) is 19.0 Å². The van der Waals surface area contributed by atoms with Gasteiger partial charge in [0.25, 0.3) is 5.56 Å². The van der Waals surface area contributed by atoms with E-state index in [1.807, 2.05) is 18.2 Å². The SMILES string of the molecule is CC(=O)Nc1ccc(NC(=O)CSc2nnc3n(C)c(=O)c4c5c(sc4n23)COC(C)(C)C5)cc1. The van der Waals surface area contributed by atoms with E-state index < -0.39 is 0 Å². The number of ether oxygens (including phenoxy) is 1. The van der Waals surface area contributed by atoms with Crippen LogP contribution < -0.4 is 16.2 Å². The summed E-state index contributed by atoms with van der Waals surface area (Å²) in [7, 11) is 1.69. The third kappa shape index (κ3) is 4.44. The lowest BCUT2D eigenvalue weighted by Crippen LogP contribution is -2.32. The Morgan fingerprint density at radius 2 is 1.86 bits per heavy atom. The number of benzene rings is 1.